The van der Waals surface area contributed by atoms with Crippen molar-refractivity contribution in [3.63, 3.8) is 0 Å². The van der Waals surface area contributed by atoms with Gasteiger partial charge in [0.15, 0.2) is 0 Å². The van der Waals surface area contributed by atoms with E-state index in [0.29, 0.717) is 5.57 Å². The van der Waals surface area contributed by atoms with Gasteiger partial charge in [0.2, 0.25) is 0 Å². The summed E-state index contributed by atoms with van der Waals surface area (Å²) in [4.78, 5) is 3.91. The number of alkyl halides is 1. The van der Waals surface area contributed by atoms with Gasteiger partial charge in [-0.25, -0.2) is 0 Å². The summed E-state index contributed by atoms with van der Waals surface area (Å²) < 4.78 is 0.720. The van der Waals surface area contributed by atoms with Gasteiger partial charge in [0.25, 0.3) is 0 Å². The van der Waals surface area contributed by atoms with Gasteiger partial charge in [0.1, 0.15) is 0 Å². The molecule has 0 heterocycles. The third kappa shape index (κ3) is 5.35. The zero-order valence-electron chi connectivity index (χ0n) is 5.93. The topological polar surface area (TPSA) is 32.6 Å². The molecule has 0 rings (SSSR count). The summed E-state index contributed by atoms with van der Waals surface area (Å²) in [6.45, 7) is 3.55. The lowest BCUT2D eigenvalue weighted by molar-refractivity contribution is 0.335. The van der Waals surface area contributed by atoms with Crippen molar-refractivity contribution in [2.75, 3.05) is 11.9 Å². The highest BCUT2D eigenvalue weighted by molar-refractivity contribution is 9.12. The molecular weight excluding hydrogens is 274 g/mol. The first-order chi connectivity index (χ1) is 5.22. The predicted octanol–water partition coefficient (Wildman–Crippen LogP) is 2.24. The van der Waals surface area contributed by atoms with Crippen LogP contribution in [0.15, 0.2) is 27.8 Å². The van der Waals surface area contributed by atoms with Gasteiger partial charge >= 0.3 is 0 Å². The second-order valence-corrected chi connectivity index (χ2v) is 3.23. The third-order valence-electron chi connectivity index (χ3n) is 0.891. The lowest BCUT2D eigenvalue weighted by Gasteiger charge is -1.95. The maximum Gasteiger partial charge on any atom is 0.0687 e. The summed E-state index contributed by atoms with van der Waals surface area (Å²) in [6, 6.07) is 0. The van der Waals surface area contributed by atoms with E-state index in [2.05, 4.69) is 43.4 Å². The van der Waals surface area contributed by atoms with Crippen LogP contribution in [-0.4, -0.2) is 23.3 Å². The molecule has 0 aromatic rings. The summed E-state index contributed by atoms with van der Waals surface area (Å²) in [5, 5.41) is 9.35. The summed E-state index contributed by atoms with van der Waals surface area (Å²) in [6.07, 6.45) is 3.30. The molecule has 11 heavy (non-hydrogen) atoms. The quantitative estimate of drug-likeness (QED) is 0.479. The van der Waals surface area contributed by atoms with Crippen LogP contribution in [0.25, 0.3) is 0 Å². The van der Waals surface area contributed by atoms with Gasteiger partial charge in [-0.1, -0.05) is 22.5 Å². The maximum atomic E-state index is 8.63. The molecule has 0 saturated carbocycles. The van der Waals surface area contributed by atoms with Crippen molar-refractivity contribution < 1.29 is 5.11 Å². The van der Waals surface area contributed by atoms with Crippen molar-refractivity contribution in [3.05, 3.63) is 22.8 Å². The van der Waals surface area contributed by atoms with Crippen LogP contribution in [0.3, 0.4) is 0 Å². The van der Waals surface area contributed by atoms with Gasteiger partial charge in [-0.05, 0) is 21.5 Å². The first-order valence-corrected chi connectivity index (χ1v) is 4.86. The molecule has 0 aliphatic carbocycles. The molecule has 0 bridgehead atoms. The van der Waals surface area contributed by atoms with E-state index in [4.69, 9.17) is 5.11 Å². The van der Waals surface area contributed by atoms with E-state index in [1.165, 1.54) is 0 Å². The smallest absolute Gasteiger partial charge is 0.0687 e. The predicted molar refractivity (Wildman–Crippen MR) is 55.5 cm³/mol. The Kier molecular flexibility index (Phi) is 6.80. The zero-order valence-corrected chi connectivity index (χ0v) is 9.10. The van der Waals surface area contributed by atoms with E-state index in [-0.39, 0.29) is 6.61 Å². The fraction of sp³-hybridized carbons (Fsp3) is 0.286. The van der Waals surface area contributed by atoms with E-state index in [0.717, 1.165) is 9.81 Å². The van der Waals surface area contributed by atoms with Gasteiger partial charge < -0.3 is 5.11 Å². The minimum absolute atomic E-state index is 0.0546. The van der Waals surface area contributed by atoms with Crippen LogP contribution in [0, 0.1) is 0 Å². The fourth-order valence-corrected chi connectivity index (χ4v) is 0.736. The highest BCUT2D eigenvalue weighted by Crippen LogP contribution is 2.13. The van der Waals surface area contributed by atoms with Crippen molar-refractivity contribution in [3.8, 4) is 0 Å². The molecule has 0 spiro atoms. The Hall–Kier alpha value is 0.0700. The van der Waals surface area contributed by atoms with Crippen LogP contribution in [0.1, 0.15) is 0 Å². The highest BCUT2D eigenvalue weighted by Gasteiger charge is 1.93. The lowest BCUT2D eigenvalue weighted by atomic mass is 10.3. The molecule has 0 fully saturated rings. The molecule has 0 aromatic heterocycles. The summed E-state index contributed by atoms with van der Waals surface area (Å²) >= 11 is 6.39. The zero-order chi connectivity index (χ0) is 8.69. The Morgan fingerprint density at radius 2 is 2.27 bits per heavy atom. The summed E-state index contributed by atoms with van der Waals surface area (Å²) in [7, 11) is 0. The van der Waals surface area contributed by atoms with E-state index in [1.54, 1.807) is 12.4 Å². The van der Waals surface area contributed by atoms with Crippen LogP contribution in [0.4, 0.5) is 0 Å². The van der Waals surface area contributed by atoms with Gasteiger partial charge in [0.05, 0.1) is 6.61 Å². The first-order valence-electron chi connectivity index (χ1n) is 2.94. The van der Waals surface area contributed by atoms with Gasteiger partial charge in [-0.3, -0.25) is 4.99 Å². The Balaban J connectivity index is 4.00. The second kappa shape index (κ2) is 6.76. The number of hydrogen-bond acceptors (Lipinski definition) is 2. The second-order valence-electron chi connectivity index (χ2n) is 1.72. The Morgan fingerprint density at radius 1 is 1.64 bits per heavy atom. The van der Waals surface area contributed by atoms with E-state index in [1.807, 2.05) is 0 Å². The average molecular weight is 283 g/mol. The SMILES string of the molecule is C=C(CO)/C(Br)=C\N=CCBr. The molecule has 0 aliphatic heterocycles. The van der Waals surface area contributed by atoms with Crippen molar-refractivity contribution in [2.24, 2.45) is 4.99 Å². The van der Waals surface area contributed by atoms with Crippen LogP contribution in [0.2, 0.25) is 0 Å². The molecule has 2 nitrogen and oxygen atoms in total. The number of nitrogens with zero attached hydrogens (tertiary/aromatic N) is 1. The molecule has 1 N–H and O–H groups in total. The number of halogens is 2. The molecule has 62 valence electrons. The number of aliphatic imine (C=N–C) groups is 1. The maximum absolute atomic E-state index is 8.63. The number of rotatable bonds is 4. The minimum Gasteiger partial charge on any atom is -0.392 e. The lowest BCUT2D eigenvalue weighted by Crippen LogP contribution is -1.86. The van der Waals surface area contributed by atoms with Crippen LogP contribution in [0.5, 0.6) is 0 Å². The Bertz CT molecular complexity index is 187. The average Bonchev–Trinajstić information content (AvgIpc) is 2.03. The molecule has 0 unspecified atom stereocenters. The highest BCUT2D eigenvalue weighted by atomic mass is 79.9. The Morgan fingerprint density at radius 3 is 2.73 bits per heavy atom. The number of aliphatic hydroxyl groups is 1. The third-order valence-corrected chi connectivity index (χ3v) is 1.95. The largest absolute Gasteiger partial charge is 0.392 e. The van der Waals surface area contributed by atoms with Crippen LogP contribution >= 0.6 is 31.9 Å². The van der Waals surface area contributed by atoms with Crippen molar-refractivity contribution in [1.82, 2.24) is 0 Å². The Labute approximate surface area is 83.0 Å². The van der Waals surface area contributed by atoms with Crippen molar-refractivity contribution in [2.45, 2.75) is 0 Å². The first kappa shape index (κ1) is 11.1. The van der Waals surface area contributed by atoms with Gasteiger partial charge in [-0.2, -0.15) is 0 Å². The van der Waals surface area contributed by atoms with Gasteiger partial charge in [-0.15, -0.1) is 0 Å². The van der Waals surface area contributed by atoms with E-state index in [9.17, 15) is 0 Å². The standard InChI is InChI=1S/C7H9Br2NO/c1-6(5-11)7(9)4-10-3-2-8/h3-4,11H,1-2,5H2/b7-4+,10-3?. The molecule has 0 aromatic carbocycles. The van der Waals surface area contributed by atoms with E-state index < -0.39 is 0 Å². The van der Waals surface area contributed by atoms with Crippen molar-refractivity contribution in [1.29, 1.82) is 0 Å². The fourth-order valence-electron chi connectivity index (χ4n) is 0.325. The molecule has 0 aliphatic rings. The molecule has 0 saturated heterocycles. The summed E-state index contributed by atoms with van der Waals surface area (Å²) in [5.74, 6) is 0. The number of hydrogen-bond donors (Lipinski definition) is 1. The number of aliphatic hydroxyl groups excluding tert-OH is 1. The molecular formula is C7H9Br2NO. The van der Waals surface area contributed by atoms with E-state index >= 15 is 0 Å². The van der Waals surface area contributed by atoms with Gasteiger partial charge in [0, 0.05) is 22.2 Å². The van der Waals surface area contributed by atoms with Crippen molar-refractivity contribution >= 4 is 38.1 Å². The molecule has 0 radical (unpaired) electrons. The summed E-state index contributed by atoms with van der Waals surface area (Å²) in [5.41, 5.74) is 0.622. The molecule has 4 heteroatoms. The minimum atomic E-state index is -0.0546. The monoisotopic (exact) mass is 281 g/mol. The molecule has 0 atom stereocenters. The van der Waals surface area contributed by atoms with Crippen LogP contribution < -0.4 is 0 Å². The van der Waals surface area contributed by atoms with Crippen LogP contribution in [-0.2, 0) is 0 Å². The molecule has 0 amide bonds. The normalized spacial score (nSPS) is 12.5.